The highest BCUT2D eigenvalue weighted by molar-refractivity contribution is 5.79. The van der Waals surface area contributed by atoms with E-state index in [4.69, 9.17) is 49.0 Å². The predicted octanol–water partition coefficient (Wildman–Crippen LogP) is -1.36. The monoisotopic (exact) mass is 690 g/mol. The van der Waals surface area contributed by atoms with Gasteiger partial charge in [-0.3, -0.25) is 19.2 Å². The maximum atomic E-state index is 11.9. The van der Waals surface area contributed by atoms with Gasteiger partial charge in [0.25, 0.3) is 0 Å². The van der Waals surface area contributed by atoms with Crippen LogP contribution in [0.1, 0.15) is 13.8 Å². The van der Waals surface area contributed by atoms with E-state index >= 15 is 0 Å². The van der Waals surface area contributed by atoms with E-state index in [0.29, 0.717) is 0 Å². The summed E-state index contributed by atoms with van der Waals surface area (Å²) in [5.74, 6) is -1.50. The van der Waals surface area contributed by atoms with Crippen LogP contribution in [0.25, 0.3) is 20.9 Å². The number of carbonyl (C=O) groups is 4. The molecule has 0 aromatic heterocycles. The van der Waals surface area contributed by atoms with Gasteiger partial charge in [-0.2, -0.15) is 0 Å². The zero-order valence-corrected chi connectivity index (χ0v) is 28.2. The zero-order chi connectivity index (χ0) is 36.2. The Morgan fingerprint density at radius 3 is 1.56 bits per heavy atom. The fourth-order valence-electron chi connectivity index (χ4n) is 5.21. The summed E-state index contributed by atoms with van der Waals surface area (Å²) in [6.45, 7) is 2.33. The van der Waals surface area contributed by atoms with Crippen LogP contribution in [-0.4, -0.2) is 154 Å². The number of methoxy groups -OCH3 is 6. The van der Waals surface area contributed by atoms with Crippen molar-refractivity contribution in [3.8, 4) is 0 Å². The molecule has 10 atom stereocenters. The van der Waals surface area contributed by atoms with Gasteiger partial charge in [0, 0.05) is 72.9 Å². The molecule has 2 saturated heterocycles. The smallest absolute Gasteiger partial charge is 0.226 e. The first-order chi connectivity index (χ1) is 23.0. The van der Waals surface area contributed by atoms with Gasteiger partial charge >= 0.3 is 0 Å². The lowest BCUT2D eigenvalue weighted by molar-refractivity contribution is -0.263. The highest BCUT2D eigenvalue weighted by Crippen LogP contribution is 2.26. The summed E-state index contributed by atoms with van der Waals surface area (Å²) in [7, 11) is 8.79. The molecule has 48 heavy (non-hydrogen) atoms. The summed E-state index contributed by atoms with van der Waals surface area (Å²) in [6, 6.07) is -1.85. The Labute approximate surface area is 277 Å². The van der Waals surface area contributed by atoms with Crippen LogP contribution in [-0.2, 0) is 57.1 Å². The zero-order valence-electron chi connectivity index (χ0n) is 28.2. The second-order valence-electron chi connectivity index (χ2n) is 10.2. The summed E-state index contributed by atoms with van der Waals surface area (Å²) in [5.41, 5.74) is 16.5. The molecule has 2 aliphatic heterocycles. The Kier molecular flexibility index (Phi) is 20.0. The molecule has 2 rings (SSSR count). The molecule has 4 amide bonds. The second kappa shape index (κ2) is 22.7. The molecule has 22 heteroatoms. The van der Waals surface area contributed by atoms with E-state index in [1.165, 1.54) is 56.5 Å². The van der Waals surface area contributed by atoms with Crippen LogP contribution >= 0.6 is 0 Å². The number of carbonyl (C=O) groups excluding carboxylic acids is 4. The first kappa shape index (κ1) is 42.2. The standard InChI is InChI=1S/2C13H23N5O6/c1-7(19)16-11-12(22-3)10(17-9(20)5-15-18-14)8(6-21-2)24-13(11)23-4;1-7(19)17-10-12(22-3)11(21-2)8(24-13(10)23-4)5-15-9(20)6-16-18-14/h8,10-13H,5-6H2,1-4H3,(H,16,19)(H,17,20);8,10-13H,5-6H2,1-4H3,(H,15,20)(H,17,19)/t8?,10-,11?,12?,13?;8?,10?,11-,12?,13?/m11/s1. The molecule has 0 spiro atoms. The molecule has 0 aromatic rings. The van der Waals surface area contributed by atoms with Gasteiger partial charge in [-0.25, -0.2) is 0 Å². The van der Waals surface area contributed by atoms with Gasteiger partial charge in [0.2, 0.25) is 23.6 Å². The maximum Gasteiger partial charge on any atom is 0.226 e. The minimum absolute atomic E-state index is 0.102. The summed E-state index contributed by atoms with van der Waals surface area (Å²) < 4.78 is 43.6. The fraction of sp³-hybridized carbons (Fsp3) is 0.846. The molecule has 4 N–H and O–H groups in total. The molecule has 0 bridgehead atoms. The van der Waals surface area contributed by atoms with Crippen molar-refractivity contribution in [3.63, 3.8) is 0 Å². The lowest BCUT2D eigenvalue weighted by Gasteiger charge is -2.45. The van der Waals surface area contributed by atoms with Gasteiger partial charge in [0.15, 0.2) is 12.6 Å². The number of ether oxygens (including phenoxy) is 8. The number of nitrogens with zero attached hydrogens (tertiary/aromatic N) is 6. The number of nitrogens with one attached hydrogen (secondary N) is 4. The van der Waals surface area contributed by atoms with E-state index in [9.17, 15) is 19.2 Å². The van der Waals surface area contributed by atoms with Gasteiger partial charge < -0.3 is 59.2 Å². The predicted molar refractivity (Wildman–Crippen MR) is 164 cm³/mol. The summed E-state index contributed by atoms with van der Waals surface area (Å²) in [5, 5.41) is 17.1. The summed E-state index contributed by atoms with van der Waals surface area (Å²) in [6.07, 6.45) is -4.44. The molecule has 0 aliphatic carbocycles. The first-order valence-electron chi connectivity index (χ1n) is 14.5. The van der Waals surface area contributed by atoms with Crippen molar-refractivity contribution in [3.05, 3.63) is 20.9 Å². The molecule has 2 aliphatic rings. The van der Waals surface area contributed by atoms with Gasteiger partial charge in [-0.15, -0.1) is 0 Å². The Balaban J connectivity index is 0.000000480. The second-order valence-corrected chi connectivity index (χ2v) is 10.2. The van der Waals surface area contributed by atoms with E-state index in [1.807, 2.05) is 0 Å². The van der Waals surface area contributed by atoms with E-state index < -0.39 is 73.0 Å². The molecule has 22 nitrogen and oxygen atoms in total. The van der Waals surface area contributed by atoms with Crippen LogP contribution in [0.2, 0.25) is 0 Å². The maximum absolute atomic E-state index is 11.9. The number of azide groups is 2. The summed E-state index contributed by atoms with van der Waals surface area (Å²) in [4.78, 5) is 51.4. The third-order valence-electron chi connectivity index (χ3n) is 7.09. The van der Waals surface area contributed by atoms with E-state index in [2.05, 4.69) is 41.3 Å². The minimum atomic E-state index is -0.774. The van der Waals surface area contributed by atoms with Crippen molar-refractivity contribution in [2.45, 2.75) is 75.1 Å². The van der Waals surface area contributed by atoms with E-state index in [0.717, 1.165) is 0 Å². The fourth-order valence-corrected chi connectivity index (χ4v) is 5.21. The van der Waals surface area contributed by atoms with Gasteiger partial charge in [0.05, 0.1) is 12.6 Å². The van der Waals surface area contributed by atoms with Crippen LogP contribution in [0.4, 0.5) is 0 Å². The van der Waals surface area contributed by atoms with E-state index in [1.54, 1.807) is 0 Å². The van der Waals surface area contributed by atoms with Gasteiger partial charge in [-0.1, -0.05) is 10.2 Å². The quantitative estimate of drug-likeness (QED) is 0.0830. The number of hydrogen-bond donors (Lipinski definition) is 4. The van der Waals surface area contributed by atoms with Crippen molar-refractivity contribution >= 4 is 23.6 Å². The van der Waals surface area contributed by atoms with Crippen LogP contribution in [0.5, 0.6) is 0 Å². The highest BCUT2D eigenvalue weighted by atomic mass is 16.7. The Bertz CT molecular complexity index is 1130. The average molecular weight is 691 g/mol. The third kappa shape index (κ3) is 13.0. The third-order valence-corrected chi connectivity index (χ3v) is 7.09. The van der Waals surface area contributed by atoms with Crippen LogP contribution < -0.4 is 21.3 Å². The Hall–Kier alpha value is -3.82. The average Bonchev–Trinajstić information content (AvgIpc) is 3.06. The highest BCUT2D eigenvalue weighted by Gasteiger charge is 2.48. The normalized spacial score (nSPS) is 29.4. The van der Waals surface area contributed by atoms with Crippen molar-refractivity contribution in [1.29, 1.82) is 0 Å². The first-order valence-corrected chi connectivity index (χ1v) is 14.5. The Morgan fingerprint density at radius 2 is 1.12 bits per heavy atom. The molecule has 0 aromatic carbocycles. The molecule has 8 unspecified atom stereocenters. The van der Waals surface area contributed by atoms with Crippen LogP contribution in [0.15, 0.2) is 10.2 Å². The van der Waals surface area contributed by atoms with Gasteiger partial charge in [0.1, 0.15) is 55.7 Å². The molecule has 2 heterocycles. The van der Waals surface area contributed by atoms with Crippen molar-refractivity contribution in [1.82, 2.24) is 21.3 Å². The Morgan fingerprint density at radius 1 is 0.646 bits per heavy atom. The lowest BCUT2D eigenvalue weighted by Crippen LogP contribution is -2.69. The molecular weight excluding hydrogens is 644 g/mol. The van der Waals surface area contributed by atoms with Crippen molar-refractivity contribution < 1.29 is 57.1 Å². The van der Waals surface area contributed by atoms with Crippen LogP contribution in [0, 0.1) is 0 Å². The van der Waals surface area contributed by atoms with Crippen LogP contribution in [0.3, 0.4) is 0 Å². The number of rotatable bonds is 16. The molecule has 0 radical (unpaired) electrons. The topological polar surface area (TPSA) is 288 Å². The van der Waals surface area contributed by atoms with Crippen molar-refractivity contribution in [2.24, 2.45) is 10.2 Å². The molecule has 2 fully saturated rings. The number of amides is 4. The largest absolute Gasteiger partial charge is 0.382 e. The molecule has 272 valence electrons. The van der Waals surface area contributed by atoms with Crippen molar-refractivity contribution in [2.75, 3.05) is 68.9 Å². The minimum Gasteiger partial charge on any atom is -0.382 e. The summed E-state index contributed by atoms with van der Waals surface area (Å²) >= 11 is 0. The van der Waals surface area contributed by atoms with E-state index in [-0.39, 0.29) is 38.1 Å². The lowest BCUT2D eigenvalue weighted by atomic mass is 9.93. The van der Waals surface area contributed by atoms with Gasteiger partial charge in [-0.05, 0) is 11.1 Å². The number of hydrogen-bond acceptors (Lipinski definition) is 14. The molecular formula is C26H46N10O12. The molecule has 0 saturated carbocycles. The SMILES string of the molecule is COC1OC(CNC(=O)CN=[N+]=[N-])[C@@H](OC)C(OC)C1NC(C)=O.COCC1OC(OC)C(NC(C)=O)C(OC)[C@@H]1NC(=O)CN=[N+]=[N-].